The Bertz CT molecular complexity index is 402. The van der Waals surface area contributed by atoms with Gasteiger partial charge >= 0.3 is 0 Å². The average molecular weight is 258 g/mol. The maximum atomic E-state index is 5.36. The fraction of sp³-hybridized carbons (Fsp3) is 0.500. The Morgan fingerprint density at radius 1 is 1.21 bits per heavy atom. The molecule has 0 radical (unpaired) electrons. The number of ether oxygens (including phenoxy) is 1. The van der Waals surface area contributed by atoms with E-state index in [1.54, 1.807) is 0 Å². The lowest BCUT2D eigenvalue weighted by molar-refractivity contribution is 0.122. The first-order valence-corrected chi connectivity index (χ1v) is 6.96. The lowest BCUT2D eigenvalue weighted by Crippen LogP contribution is -2.36. The summed E-state index contributed by atoms with van der Waals surface area (Å²) in [5, 5.41) is 3.41. The van der Waals surface area contributed by atoms with Gasteiger partial charge in [-0.25, -0.2) is 0 Å². The van der Waals surface area contributed by atoms with Crippen LogP contribution in [0.15, 0.2) is 24.3 Å². The largest absolute Gasteiger partial charge is 0.378 e. The van der Waals surface area contributed by atoms with Gasteiger partial charge in [0.1, 0.15) is 0 Å². The predicted octanol–water partition coefficient (Wildman–Crippen LogP) is 2.03. The molecule has 0 saturated carbocycles. The number of terminal acetylenes is 1. The van der Waals surface area contributed by atoms with Crippen molar-refractivity contribution >= 4 is 5.69 Å². The van der Waals surface area contributed by atoms with Gasteiger partial charge in [0.25, 0.3) is 0 Å². The number of hydrogen-bond donors (Lipinski definition) is 1. The van der Waals surface area contributed by atoms with Crippen molar-refractivity contribution in [1.29, 1.82) is 0 Å². The Morgan fingerprint density at radius 2 is 1.95 bits per heavy atom. The van der Waals surface area contributed by atoms with Crippen LogP contribution in [0.2, 0.25) is 0 Å². The highest BCUT2D eigenvalue weighted by molar-refractivity contribution is 5.47. The summed E-state index contributed by atoms with van der Waals surface area (Å²) in [6, 6.07) is 8.78. The van der Waals surface area contributed by atoms with Gasteiger partial charge in [0.2, 0.25) is 0 Å². The molecule has 0 aliphatic carbocycles. The summed E-state index contributed by atoms with van der Waals surface area (Å²) in [6.07, 6.45) is 7.11. The molecule has 102 valence electrons. The zero-order valence-electron chi connectivity index (χ0n) is 11.4. The zero-order valence-corrected chi connectivity index (χ0v) is 11.4. The topological polar surface area (TPSA) is 24.5 Å². The third-order valence-corrected chi connectivity index (χ3v) is 3.32. The molecule has 1 aliphatic heterocycles. The molecule has 1 fully saturated rings. The van der Waals surface area contributed by atoms with Crippen molar-refractivity contribution in [2.75, 3.05) is 37.7 Å². The van der Waals surface area contributed by atoms with Gasteiger partial charge in [-0.1, -0.05) is 12.1 Å². The first-order chi connectivity index (χ1) is 9.40. The summed E-state index contributed by atoms with van der Waals surface area (Å²) in [6.45, 7) is 5.54. The van der Waals surface area contributed by atoms with Crippen molar-refractivity contribution in [3.63, 3.8) is 0 Å². The molecule has 0 atom stereocenters. The van der Waals surface area contributed by atoms with Crippen molar-refractivity contribution in [3.8, 4) is 12.3 Å². The highest BCUT2D eigenvalue weighted by Gasteiger charge is 2.10. The van der Waals surface area contributed by atoms with Crippen molar-refractivity contribution in [1.82, 2.24) is 5.32 Å². The van der Waals surface area contributed by atoms with Gasteiger partial charge in [0, 0.05) is 31.7 Å². The molecule has 0 bridgehead atoms. The van der Waals surface area contributed by atoms with Crippen LogP contribution in [0.3, 0.4) is 0 Å². The molecule has 1 aromatic rings. The van der Waals surface area contributed by atoms with E-state index in [1.807, 2.05) is 0 Å². The number of morpholine rings is 1. The first kappa shape index (κ1) is 13.9. The van der Waals surface area contributed by atoms with E-state index in [0.29, 0.717) is 0 Å². The molecule has 3 nitrogen and oxygen atoms in total. The van der Waals surface area contributed by atoms with Crippen LogP contribution in [-0.4, -0.2) is 32.8 Å². The minimum atomic E-state index is 0.832. The van der Waals surface area contributed by atoms with E-state index in [9.17, 15) is 0 Å². The predicted molar refractivity (Wildman–Crippen MR) is 79.2 cm³/mol. The number of rotatable bonds is 6. The minimum absolute atomic E-state index is 0.832. The average Bonchev–Trinajstić information content (AvgIpc) is 2.49. The molecule has 0 amide bonds. The lowest BCUT2D eigenvalue weighted by atomic mass is 10.2. The van der Waals surface area contributed by atoms with E-state index < -0.39 is 0 Å². The first-order valence-electron chi connectivity index (χ1n) is 6.96. The maximum absolute atomic E-state index is 5.36. The summed E-state index contributed by atoms with van der Waals surface area (Å²) in [5.74, 6) is 2.65. The highest BCUT2D eigenvalue weighted by atomic mass is 16.5. The third kappa shape index (κ3) is 4.59. The minimum Gasteiger partial charge on any atom is -0.378 e. The van der Waals surface area contributed by atoms with Crippen molar-refractivity contribution in [3.05, 3.63) is 29.8 Å². The Hall–Kier alpha value is -1.50. The number of nitrogens with zero attached hydrogens (tertiary/aromatic N) is 1. The molecular weight excluding hydrogens is 236 g/mol. The Morgan fingerprint density at radius 3 is 2.63 bits per heavy atom. The maximum Gasteiger partial charge on any atom is 0.0642 e. The normalized spacial score (nSPS) is 15.2. The van der Waals surface area contributed by atoms with E-state index in [1.165, 1.54) is 11.3 Å². The molecular formula is C16H22N2O. The summed E-state index contributed by atoms with van der Waals surface area (Å²) in [7, 11) is 0. The molecule has 0 aromatic heterocycles. The standard InChI is InChI=1S/C16H22N2O/c1-2-3-4-9-17-14-15-5-7-16(8-6-15)18-10-12-19-13-11-18/h1,5-8,17H,3-4,9-14H2. The highest BCUT2D eigenvalue weighted by Crippen LogP contribution is 2.16. The lowest BCUT2D eigenvalue weighted by Gasteiger charge is -2.28. The second kappa shape index (κ2) is 7.83. The van der Waals surface area contributed by atoms with Crippen LogP contribution in [0.5, 0.6) is 0 Å². The number of benzene rings is 1. The zero-order chi connectivity index (χ0) is 13.3. The molecule has 1 aromatic carbocycles. The molecule has 1 saturated heterocycles. The van der Waals surface area contributed by atoms with Crippen LogP contribution >= 0.6 is 0 Å². The molecule has 2 rings (SSSR count). The smallest absolute Gasteiger partial charge is 0.0642 e. The van der Waals surface area contributed by atoms with Crippen LogP contribution in [0, 0.1) is 12.3 Å². The van der Waals surface area contributed by atoms with Gasteiger partial charge in [0.15, 0.2) is 0 Å². The number of anilines is 1. The van der Waals surface area contributed by atoms with Gasteiger partial charge < -0.3 is 15.0 Å². The fourth-order valence-corrected chi connectivity index (χ4v) is 2.19. The Labute approximate surface area is 115 Å². The molecule has 0 unspecified atom stereocenters. The Balaban J connectivity index is 1.76. The van der Waals surface area contributed by atoms with Crippen molar-refractivity contribution < 1.29 is 4.74 Å². The van der Waals surface area contributed by atoms with Crippen molar-refractivity contribution in [2.24, 2.45) is 0 Å². The SMILES string of the molecule is C#CCCCNCc1ccc(N2CCOCC2)cc1. The second-order valence-electron chi connectivity index (χ2n) is 4.75. The van der Waals surface area contributed by atoms with Crippen LogP contribution < -0.4 is 10.2 Å². The summed E-state index contributed by atoms with van der Waals surface area (Å²) < 4.78 is 5.36. The summed E-state index contributed by atoms with van der Waals surface area (Å²) >= 11 is 0. The molecule has 1 N–H and O–H groups in total. The molecule has 1 aliphatic rings. The molecule has 3 heteroatoms. The molecule has 1 heterocycles. The quantitative estimate of drug-likeness (QED) is 0.624. The number of hydrogen-bond acceptors (Lipinski definition) is 3. The third-order valence-electron chi connectivity index (χ3n) is 3.32. The Kier molecular flexibility index (Phi) is 5.74. The van der Waals surface area contributed by atoms with Crippen LogP contribution in [0.4, 0.5) is 5.69 Å². The van der Waals surface area contributed by atoms with Gasteiger partial charge in [-0.2, -0.15) is 0 Å². The van der Waals surface area contributed by atoms with Crippen LogP contribution in [-0.2, 0) is 11.3 Å². The van der Waals surface area contributed by atoms with Crippen LogP contribution in [0.25, 0.3) is 0 Å². The summed E-state index contributed by atoms with van der Waals surface area (Å²) in [5.41, 5.74) is 2.61. The van der Waals surface area contributed by atoms with Crippen molar-refractivity contribution in [2.45, 2.75) is 19.4 Å². The molecule has 19 heavy (non-hydrogen) atoms. The fourth-order valence-electron chi connectivity index (χ4n) is 2.19. The van der Waals surface area contributed by atoms with Crippen LogP contribution in [0.1, 0.15) is 18.4 Å². The van der Waals surface area contributed by atoms with E-state index in [0.717, 1.165) is 52.2 Å². The van der Waals surface area contributed by atoms with E-state index in [4.69, 9.17) is 11.2 Å². The monoisotopic (exact) mass is 258 g/mol. The van der Waals surface area contributed by atoms with E-state index >= 15 is 0 Å². The van der Waals surface area contributed by atoms with Gasteiger partial charge in [-0.05, 0) is 30.7 Å². The van der Waals surface area contributed by atoms with E-state index in [-0.39, 0.29) is 0 Å². The molecule has 0 spiro atoms. The number of unbranched alkanes of at least 4 members (excludes halogenated alkanes) is 1. The van der Waals surface area contributed by atoms with E-state index in [2.05, 4.69) is 40.4 Å². The van der Waals surface area contributed by atoms with Gasteiger partial charge in [-0.3, -0.25) is 0 Å². The van der Waals surface area contributed by atoms with Gasteiger partial charge in [0.05, 0.1) is 13.2 Å². The number of nitrogens with one attached hydrogen (secondary N) is 1. The summed E-state index contributed by atoms with van der Waals surface area (Å²) in [4.78, 5) is 2.37. The second-order valence-corrected chi connectivity index (χ2v) is 4.75. The van der Waals surface area contributed by atoms with Gasteiger partial charge in [-0.15, -0.1) is 12.3 Å².